The zero-order chi connectivity index (χ0) is 32.8. The molecule has 1 N–H and O–H groups in total. The second kappa shape index (κ2) is 11.5. The van der Waals surface area contributed by atoms with Crippen LogP contribution in [0.5, 0.6) is 5.75 Å². The van der Waals surface area contributed by atoms with Gasteiger partial charge in [-0.2, -0.15) is 31.1 Å². The maximum atomic E-state index is 13.6. The van der Waals surface area contributed by atoms with E-state index < -0.39 is 71.7 Å². The summed E-state index contributed by atoms with van der Waals surface area (Å²) in [5, 5.41) is 20.9. The minimum atomic E-state index is -5.17. The van der Waals surface area contributed by atoms with Gasteiger partial charge < -0.3 is 14.7 Å². The van der Waals surface area contributed by atoms with Crippen molar-refractivity contribution < 1.29 is 58.9 Å². The molecule has 1 aliphatic heterocycles. The van der Waals surface area contributed by atoms with E-state index in [1.807, 2.05) is 0 Å². The first-order chi connectivity index (χ1) is 20.3. The summed E-state index contributed by atoms with van der Waals surface area (Å²) >= 11 is 0. The average molecular weight is 640 g/mol. The number of carbonyl (C=O) groups excluding carboxylic acids is 1. The van der Waals surface area contributed by atoms with Crippen LogP contribution in [-0.2, 0) is 35.5 Å². The number of nitrogens with zero attached hydrogens (tertiary/aromatic N) is 6. The molecule has 0 fully saturated rings. The summed E-state index contributed by atoms with van der Waals surface area (Å²) in [6.45, 7) is 0.833. The van der Waals surface area contributed by atoms with Gasteiger partial charge in [-0.25, -0.2) is 4.79 Å². The molecule has 4 rings (SSSR count). The van der Waals surface area contributed by atoms with E-state index in [-0.39, 0.29) is 36.1 Å². The quantitative estimate of drug-likeness (QED) is 0.278. The molecule has 1 amide bonds. The monoisotopic (exact) mass is 640 g/mol. The van der Waals surface area contributed by atoms with Crippen molar-refractivity contribution in [2.75, 3.05) is 9.80 Å². The molecule has 44 heavy (non-hydrogen) atoms. The van der Waals surface area contributed by atoms with Crippen molar-refractivity contribution in [1.29, 1.82) is 0 Å². The molecule has 1 aromatic heterocycles. The van der Waals surface area contributed by atoms with Crippen LogP contribution in [0.1, 0.15) is 48.1 Å². The predicted molar refractivity (Wildman–Crippen MR) is 131 cm³/mol. The Hall–Kier alpha value is -4.58. The third-order valence-corrected chi connectivity index (χ3v) is 6.72. The van der Waals surface area contributed by atoms with Crippen LogP contribution in [0.2, 0.25) is 0 Å². The third kappa shape index (κ3) is 6.96. The normalized spacial score (nSPS) is 17.3. The molecule has 1 aliphatic rings. The molecule has 0 spiro atoms. The number of aliphatic carboxylic acids is 1. The van der Waals surface area contributed by atoms with Crippen LogP contribution >= 0.6 is 0 Å². The minimum Gasteiger partial charge on any atom is -0.474 e. The van der Waals surface area contributed by atoms with E-state index >= 15 is 0 Å². The molecule has 10 nitrogen and oxygen atoms in total. The molecule has 3 aromatic rings. The van der Waals surface area contributed by atoms with Crippen molar-refractivity contribution in [2.45, 2.75) is 57.1 Å². The second-order valence-corrected chi connectivity index (χ2v) is 9.68. The molecular formula is C25H21F9N6O4. The number of fused-ring (bicyclic) bond motifs is 1. The van der Waals surface area contributed by atoms with E-state index in [4.69, 9.17) is 0 Å². The van der Waals surface area contributed by atoms with Crippen LogP contribution < -0.4 is 14.5 Å². The van der Waals surface area contributed by atoms with Crippen LogP contribution in [0.25, 0.3) is 0 Å². The van der Waals surface area contributed by atoms with E-state index in [1.165, 1.54) is 7.05 Å². The molecule has 0 saturated carbocycles. The lowest BCUT2D eigenvalue weighted by molar-refractivity contribution is -0.274. The highest BCUT2D eigenvalue weighted by Gasteiger charge is 2.43. The number of aromatic nitrogens is 4. The lowest BCUT2D eigenvalue weighted by Gasteiger charge is -2.43. The van der Waals surface area contributed by atoms with Crippen LogP contribution in [0.3, 0.4) is 0 Å². The zero-order valence-corrected chi connectivity index (χ0v) is 22.5. The Bertz CT molecular complexity index is 1520. The number of carboxylic acids is 1. The predicted octanol–water partition coefficient (Wildman–Crippen LogP) is 5.49. The third-order valence-electron chi connectivity index (χ3n) is 6.72. The fourth-order valence-electron chi connectivity index (χ4n) is 4.94. The minimum absolute atomic E-state index is 0.0619. The van der Waals surface area contributed by atoms with E-state index in [9.17, 15) is 54.2 Å². The van der Waals surface area contributed by atoms with Gasteiger partial charge in [0.05, 0.1) is 29.9 Å². The second-order valence-electron chi connectivity index (χ2n) is 9.68. The number of hydrogen-bond donors (Lipinski definition) is 1. The van der Waals surface area contributed by atoms with Gasteiger partial charge in [-0.1, -0.05) is 12.0 Å². The van der Waals surface area contributed by atoms with Gasteiger partial charge in [-0.05, 0) is 60.0 Å². The largest absolute Gasteiger partial charge is 0.573 e. The van der Waals surface area contributed by atoms with Crippen LogP contribution in [0.15, 0.2) is 36.4 Å². The summed E-state index contributed by atoms with van der Waals surface area (Å²) in [7, 11) is 1.31. The van der Waals surface area contributed by atoms with E-state index in [1.54, 1.807) is 6.92 Å². The van der Waals surface area contributed by atoms with Crippen LogP contribution in [0.4, 0.5) is 51.1 Å². The Morgan fingerprint density at radius 1 is 1.00 bits per heavy atom. The van der Waals surface area contributed by atoms with Gasteiger partial charge in [-0.3, -0.25) is 9.69 Å². The highest BCUT2D eigenvalue weighted by atomic mass is 19.4. The number of benzene rings is 2. The summed E-state index contributed by atoms with van der Waals surface area (Å²) < 4.78 is 125. The van der Waals surface area contributed by atoms with Gasteiger partial charge >= 0.3 is 30.6 Å². The number of ether oxygens (including phenoxy) is 1. The summed E-state index contributed by atoms with van der Waals surface area (Å²) in [4.78, 5) is 27.2. The number of rotatable bonds is 6. The first-order valence-electron chi connectivity index (χ1n) is 12.5. The molecule has 2 aromatic carbocycles. The molecular weight excluding hydrogens is 619 g/mol. The van der Waals surface area contributed by atoms with Gasteiger partial charge in [0.1, 0.15) is 5.75 Å². The Kier molecular flexibility index (Phi) is 8.45. The maximum absolute atomic E-state index is 13.6. The molecule has 19 heteroatoms. The lowest BCUT2D eigenvalue weighted by Crippen LogP contribution is -2.50. The van der Waals surface area contributed by atoms with Gasteiger partial charge in [0.2, 0.25) is 0 Å². The van der Waals surface area contributed by atoms with Gasteiger partial charge in [0.15, 0.2) is 0 Å². The number of alkyl halides is 9. The summed E-state index contributed by atoms with van der Waals surface area (Å²) in [5.41, 5.74) is -4.07. The van der Waals surface area contributed by atoms with E-state index in [0.29, 0.717) is 12.1 Å². The highest BCUT2D eigenvalue weighted by Crippen LogP contribution is 2.45. The van der Waals surface area contributed by atoms with Crippen LogP contribution in [0, 0.1) is 0 Å². The SMILES string of the molecule is CC[C@@H]1C[C@H](N(Cc2cc(C(F)(F)F)cc(C(F)(F)F)c2)c2nnn(C)n2)c2cc(OC(F)(F)F)ccc2N1C(=O)C(=O)O. The maximum Gasteiger partial charge on any atom is 0.573 e. The number of carbonyl (C=O) groups is 2. The molecule has 0 bridgehead atoms. The standard InChI is InChI=1S/C25H21F9N6O4/c1-3-15-9-19(17-10-16(44-25(32,33)34)4-5-18(17)40(15)20(41)21(42)43)39(22-35-37-38(2)36-22)11-12-6-13(23(26,27)28)8-14(7-12)24(29,30)31/h4-8,10,15,19H,3,9,11H2,1-2H3,(H,42,43)/t15-,19+/m1/s1. The van der Waals surface area contributed by atoms with Gasteiger partial charge in [-0.15, -0.1) is 18.3 Å². The molecule has 0 radical (unpaired) electrons. The lowest BCUT2D eigenvalue weighted by atomic mass is 9.88. The molecule has 0 saturated heterocycles. The first kappa shape index (κ1) is 32.3. The number of tetrazole rings is 1. The van der Waals surface area contributed by atoms with Crippen LogP contribution in [-0.4, -0.2) is 49.6 Å². The average Bonchev–Trinajstić information content (AvgIpc) is 3.34. The number of anilines is 2. The fraction of sp³-hybridized carbons (Fsp3) is 0.400. The van der Waals surface area contributed by atoms with E-state index in [0.717, 1.165) is 32.8 Å². The van der Waals surface area contributed by atoms with Crippen molar-refractivity contribution in [3.63, 3.8) is 0 Å². The van der Waals surface area contributed by atoms with Crippen molar-refractivity contribution in [2.24, 2.45) is 7.05 Å². The Labute approximate surface area is 241 Å². The number of hydrogen-bond acceptors (Lipinski definition) is 7. The van der Waals surface area contributed by atoms with E-state index in [2.05, 4.69) is 20.1 Å². The van der Waals surface area contributed by atoms with Crippen molar-refractivity contribution in [1.82, 2.24) is 20.2 Å². The van der Waals surface area contributed by atoms with Crippen molar-refractivity contribution in [3.05, 3.63) is 58.7 Å². The van der Waals surface area contributed by atoms with Gasteiger partial charge in [0.25, 0.3) is 5.95 Å². The number of aryl methyl sites for hydroxylation is 1. The smallest absolute Gasteiger partial charge is 0.474 e. The topological polar surface area (TPSA) is 114 Å². The highest BCUT2D eigenvalue weighted by molar-refractivity contribution is 6.37. The molecule has 0 aliphatic carbocycles. The van der Waals surface area contributed by atoms with Crippen molar-refractivity contribution in [3.8, 4) is 5.75 Å². The Morgan fingerprint density at radius 3 is 2.09 bits per heavy atom. The molecule has 238 valence electrons. The summed E-state index contributed by atoms with van der Waals surface area (Å²) in [6.07, 6.45) is -15.7. The molecule has 2 heterocycles. The van der Waals surface area contributed by atoms with Crippen molar-refractivity contribution >= 4 is 23.5 Å². The number of amides is 1. The first-order valence-corrected chi connectivity index (χ1v) is 12.5. The zero-order valence-electron chi connectivity index (χ0n) is 22.5. The summed E-state index contributed by atoms with van der Waals surface area (Å²) in [5.74, 6) is -4.41. The fourth-order valence-corrected chi connectivity index (χ4v) is 4.94. The van der Waals surface area contributed by atoms with Gasteiger partial charge in [0, 0.05) is 18.2 Å². The Morgan fingerprint density at radius 2 is 1.61 bits per heavy atom. The summed E-state index contributed by atoms with van der Waals surface area (Å²) in [6, 6.07) is 1.41. The number of carboxylic acid groups (broad SMARTS) is 1. The molecule has 2 atom stereocenters. The molecule has 0 unspecified atom stereocenters. The Balaban J connectivity index is 1.94. The number of halogens is 9.